The molecule has 0 heterocycles. The Kier molecular flexibility index (Phi) is 5.75. The lowest BCUT2D eigenvalue weighted by Crippen LogP contribution is -2.28. The molecule has 1 rings (SSSR count). The second kappa shape index (κ2) is 7.14. The lowest BCUT2D eigenvalue weighted by Gasteiger charge is -2.17. The number of benzene rings is 1. The molecule has 3 nitrogen and oxygen atoms in total. The van der Waals surface area contributed by atoms with E-state index in [-0.39, 0.29) is 0 Å². The molecule has 0 saturated heterocycles. The highest BCUT2D eigenvalue weighted by Gasteiger charge is 2.14. The molecule has 1 aromatic carbocycles. The zero-order valence-electron chi connectivity index (χ0n) is 9.90. The Morgan fingerprint density at radius 1 is 1.12 bits per heavy atom. The molecule has 0 amide bonds. The van der Waals surface area contributed by atoms with Crippen molar-refractivity contribution in [3.8, 4) is 0 Å². The quantitative estimate of drug-likeness (QED) is 0.568. The van der Waals surface area contributed by atoms with Crippen LogP contribution in [0.15, 0.2) is 30.3 Å². The largest absolute Gasteiger partial charge is 0.348 e. The minimum absolute atomic E-state index is 0.468. The van der Waals surface area contributed by atoms with E-state index in [0.29, 0.717) is 25.3 Å². The molecule has 0 unspecified atom stereocenters. The lowest BCUT2D eigenvalue weighted by molar-refractivity contribution is -0.0912. The first-order chi connectivity index (χ1) is 7.77. The highest BCUT2D eigenvalue weighted by molar-refractivity contribution is 5.86. The molecule has 0 bridgehead atoms. The van der Waals surface area contributed by atoms with Crippen LogP contribution >= 0.6 is 0 Å². The Morgan fingerprint density at radius 2 is 1.69 bits per heavy atom. The molecule has 0 spiro atoms. The summed E-state index contributed by atoms with van der Waals surface area (Å²) in [6, 6.07) is 9.92. The molecule has 0 aliphatic rings. The van der Waals surface area contributed by atoms with Crippen LogP contribution in [0, 0.1) is 5.41 Å². The predicted molar refractivity (Wildman–Crippen MR) is 64.9 cm³/mol. The molecule has 88 valence electrons. The molecule has 1 N–H and O–H groups in total. The normalized spacial score (nSPS) is 10.7. The molecule has 16 heavy (non-hydrogen) atoms. The minimum Gasteiger partial charge on any atom is -0.348 e. The molecular formula is C13H19NO2. The van der Waals surface area contributed by atoms with Gasteiger partial charge in [0.25, 0.3) is 0 Å². The number of hydrogen-bond acceptors (Lipinski definition) is 3. The maximum absolute atomic E-state index is 7.94. The molecule has 0 saturated carbocycles. The summed E-state index contributed by atoms with van der Waals surface area (Å²) < 4.78 is 10.7. The molecule has 0 fully saturated rings. The average molecular weight is 221 g/mol. The first-order valence-electron chi connectivity index (χ1n) is 5.62. The van der Waals surface area contributed by atoms with Crippen molar-refractivity contribution >= 4 is 5.71 Å². The smallest absolute Gasteiger partial charge is 0.196 e. The summed E-state index contributed by atoms with van der Waals surface area (Å²) in [5.41, 5.74) is 1.58. The number of rotatable bonds is 7. The fourth-order valence-electron chi connectivity index (χ4n) is 1.45. The van der Waals surface area contributed by atoms with Crippen LogP contribution in [0.1, 0.15) is 19.4 Å². The fourth-order valence-corrected chi connectivity index (χ4v) is 1.45. The summed E-state index contributed by atoms with van der Waals surface area (Å²) in [5, 5.41) is 7.94. The van der Waals surface area contributed by atoms with E-state index in [9.17, 15) is 0 Å². The SMILES string of the molecule is CCOC(OCC)C(=N)Cc1ccccc1. The molecule has 0 radical (unpaired) electrons. The minimum atomic E-state index is -0.504. The Bertz CT molecular complexity index is 305. The van der Waals surface area contributed by atoms with Gasteiger partial charge in [-0.3, -0.25) is 0 Å². The molecule has 0 aliphatic carbocycles. The molecule has 0 aromatic heterocycles. The van der Waals surface area contributed by atoms with Gasteiger partial charge in [-0.2, -0.15) is 0 Å². The summed E-state index contributed by atoms with van der Waals surface area (Å²) in [4.78, 5) is 0. The van der Waals surface area contributed by atoms with Gasteiger partial charge in [-0.15, -0.1) is 0 Å². The molecular weight excluding hydrogens is 202 g/mol. The van der Waals surface area contributed by atoms with E-state index in [1.807, 2.05) is 44.2 Å². The van der Waals surface area contributed by atoms with E-state index in [0.717, 1.165) is 5.56 Å². The predicted octanol–water partition coefficient (Wildman–Crippen LogP) is 2.65. The summed E-state index contributed by atoms with van der Waals surface area (Å²) >= 11 is 0. The third kappa shape index (κ3) is 4.13. The Morgan fingerprint density at radius 3 is 2.19 bits per heavy atom. The second-order valence-electron chi connectivity index (χ2n) is 3.43. The van der Waals surface area contributed by atoms with Crippen molar-refractivity contribution in [3.05, 3.63) is 35.9 Å². The van der Waals surface area contributed by atoms with Crippen molar-refractivity contribution < 1.29 is 9.47 Å². The van der Waals surface area contributed by atoms with Gasteiger partial charge in [-0.05, 0) is 19.4 Å². The number of hydrogen-bond donors (Lipinski definition) is 1. The van der Waals surface area contributed by atoms with Gasteiger partial charge in [0.05, 0.1) is 5.71 Å². The van der Waals surface area contributed by atoms with Crippen LogP contribution in [-0.4, -0.2) is 25.2 Å². The second-order valence-corrected chi connectivity index (χ2v) is 3.43. The third-order valence-corrected chi connectivity index (χ3v) is 2.16. The maximum atomic E-state index is 7.94. The van der Waals surface area contributed by atoms with Crippen molar-refractivity contribution in [1.82, 2.24) is 0 Å². The highest BCUT2D eigenvalue weighted by atomic mass is 16.7. The van der Waals surface area contributed by atoms with Crippen molar-refractivity contribution in [3.63, 3.8) is 0 Å². The van der Waals surface area contributed by atoms with E-state index in [1.54, 1.807) is 0 Å². The molecule has 3 heteroatoms. The zero-order chi connectivity index (χ0) is 11.8. The Balaban J connectivity index is 2.55. The van der Waals surface area contributed by atoms with Gasteiger partial charge in [0.15, 0.2) is 6.29 Å². The van der Waals surface area contributed by atoms with Gasteiger partial charge in [0, 0.05) is 19.6 Å². The third-order valence-electron chi connectivity index (χ3n) is 2.16. The van der Waals surface area contributed by atoms with Crippen LogP contribution in [-0.2, 0) is 15.9 Å². The van der Waals surface area contributed by atoms with Crippen LogP contribution in [0.5, 0.6) is 0 Å². The van der Waals surface area contributed by atoms with Crippen molar-refractivity contribution in [2.45, 2.75) is 26.6 Å². The average Bonchev–Trinajstić information content (AvgIpc) is 2.30. The van der Waals surface area contributed by atoms with E-state index >= 15 is 0 Å². The Labute approximate surface area is 96.9 Å². The van der Waals surface area contributed by atoms with Gasteiger partial charge < -0.3 is 14.9 Å². The first kappa shape index (κ1) is 12.9. The van der Waals surface area contributed by atoms with Gasteiger partial charge in [0.1, 0.15) is 0 Å². The van der Waals surface area contributed by atoms with Crippen LogP contribution in [0.2, 0.25) is 0 Å². The summed E-state index contributed by atoms with van der Waals surface area (Å²) in [6.45, 7) is 4.92. The molecule has 1 aromatic rings. The van der Waals surface area contributed by atoms with Gasteiger partial charge in [-0.25, -0.2) is 0 Å². The summed E-state index contributed by atoms with van der Waals surface area (Å²) in [7, 11) is 0. The van der Waals surface area contributed by atoms with E-state index in [2.05, 4.69) is 0 Å². The zero-order valence-corrected chi connectivity index (χ0v) is 9.90. The highest BCUT2D eigenvalue weighted by Crippen LogP contribution is 2.06. The fraction of sp³-hybridized carbons (Fsp3) is 0.462. The van der Waals surface area contributed by atoms with Crippen molar-refractivity contribution in [1.29, 1.82) is 5.41 Å². The van der Waals surface area contributed by atoms with Crippen LogP contribution in [0.4, 0.5) is 0 Å². The van der Waals surface area contributed by atoms with E-state index < -0.39 is 6.29 Å². The summed E-state index contributed by atoms with van der Waals surface area (Å²) in [5.74, 6) is 0. The van der Waals surface area contributed by atoms with Crippen LogP contribution in [0.25, 0.3) is 0 Å². The topological polar surface area (TPSA) is 42.3 Å². The number of nitrogens with one attached hydrogen (secondary N) is 1. The standard InChI is InChI=1S/C13H19NO2/c1-3-15-13(16-4-2)12(14)10-11-8-6-5-7-9-11/h5-9,13-14H,3-4,10H2,1-2H3. The first-order valence-corrected chi connectivity index (χ1v) is 5.62. The lowest BCUT2D eigenvalue weighted by atomic mass is 10.1. The van der Waals surface area contributed by atoms with Crippen molar-refractivity contribution in [2.24, 2.45) is 0 Å². The van der Waals surface area contributed by atoms with Crippen LogP contribution in [0.3, 0.4) is 0 Å². The molecule has 0 aliphatic heterocycles. The monoisotopic (exact) mass is 221 g/mol. The van der Waals surface area contributed by atoms with Crippen LogP contribution < -0.4 is 0 Å². The number of ether oxygens (including phenoxy) is 2. The van der Waals surface area contributed by atoms with Gasteiger partial charge >= 0.3 is 0 Å². The van der Waals surface area contributed by atoms with E-state index in [1.165, 1.54) is 0 Å². The molecule has 0 atom stereocenters. The Hall–Kier alpha value is -1.19. The van der Waals surface area contributed by atoms with Gasteiger partial charge in [0.2, 0.25) is 0 Å². The summed E-state index contributed by atoms with van der Waals surface area (Å²) in [6.07, 6.45) is 0.0705. The van der Waals surface area contributed by atoms with Crippen molar-refractivity contribution in [2.75, 3.05) is 13.2 Å². The van der Waals surface area contributed by atoms with Gasteiger partial charge in [-0.1, -0.05) is 30.3 Å². The van der Waals surface area contributed by atoms with E-state index in [4.69, 9.17) is 14.9 Å². The maximum Gasteiger partial charge on any atom is 0.196 e.